The number of hydrogen-bond acceptors (Lipinski definition) is 5. The molecule has 17 heavy (non-hydrogen) atoms. The summed E-state index contributed by atoms with van der Waals surface area (Å²) in [6.07, 6.45) is 3.45. The third-order valence-corrected chi connectivity index (χ3v) is 2.27. The molecule has 2 heterocycles. The summed E-state index contributed by atoms with van der Waals surface area (Å²) < 4.78 is 5.09. The van der Waals surface area contributed by atoms with Crippen molar-refractivity contribution in [1.29, 1.82) is 0 Å². The van der Waals surface area contributed by atoms with Gasteiger partial charge >= 0.3 is 0 Å². The molecule has 0 aliphatic rings. The Labute approximate surface area is 99.9 Å². The highest BCUT2D eigenvalue weighted by molar-refractivity contribution is 5.56. The monoisotopic (exact) mass is 230 g/mol. The van der Waals surface area contributed by atoms with E-state index < -0.39 is 0 Å². The minimum absolute atomic E-state index is 0.468. The van der Waals surface area contributed by atoms with E-state index in [9.17, 15) is 0 Å². The Morgan fingerprint density at radius 2 is 2.00 bits per heavy atom. The van der Waals surface area contributed by atoms with Gasteiger partial charge in [-0.25, -0.2) is 9.97 Å². The molecule has 0 bridgehead atoms. The number of aromatic nitrogens is 3. The highest BCUT2D eigenvalue weighted by Crippen LogP contribution is 2.17. The van der Waals surface area contributed by atoms with Gasteiger partial charge in [-0.2, -0.15) is 0 Å². The molecule has 88 valence electrons. The van der Waals surface area contributed by atoms with Crippen molar-refractivity contribution in [3.05, 3.63) is 36.3 Å². The number of nitrogens with zero attached hydrogens (tertiary/aromatic N) is 3. The van der Waals surface area contributed by atoms with Crippen LogP contribution in [0, 0.1) is 0 Å². The molecule has 0 atom stereocenters. The lowest BCUT2D eigenvalue weighted by Gasteiger charge is -2.07. The summed E-state index contributed by atoms with van der Waals surface area (Å²) in [5.41, 5.74) is 1.79. The van der Waals surface area contributed by atoms with Crippen LogP contribution in [0.5, 0.6) is 0 Å². The van der Waals surface area contributed by atoms with E-state index in [4.69, 9.17) is 4.74 Å². The number of pyridine rings is 1. The average Bonchev–Trinajstić information content (AvgIpc) is 2.40. The summed E-state index contributed by atoms with van der Waals surface area (Å²) in [5.74, 6) is 1.45. The van der Waals surface area contributed by atoms with E-state index in [0.717, 1.165) is 17.1 Å². The average molecular weight is 230 g/mol. The molecule has 2 rings (SSSR count). The zero-order valence-electron chi connectivity index (χ0n) is 9.84. The summed E-state index contributed by atoms with van der Waals surface area (Å²) in [6, 6.07) is 5.63. The number of anilines is 1. The highest BCUT2D eigenvalue weighted by Gasteiger charge is 2.05. The van der Waals surface area contributed by atoms with Gasteiger partial charge in [0.2, 0.25) is 0 Å². The molecule has 0 amide bonds. The molecule has 0 aromatic carbocycles. The van der Waals surface area contributed by atoms with Gasteiger partial charge < -0.3 is 10.1 Å². The minimum Gasteiger partial charge on any atom is -0.378 e. The Morgan fingerprint density at radius 1 is 1.24 bits per heavy atom. The second-order valence-corrected chi connectivity index (χ2v) is 3.49. The lowest BCUT2D eigenvalue weighted by Crippen LogP contribution is -2.01. The number of methoxy groups -OCH3 is 1. The van der Waals surface area contributed by atoms with E-state index in [1.54, 1.807) is 19.5 Å². The Morgan fingerprint density at radius 3 is 2.65 bits per heavy atom. The van der Waals surface area contributed by atoms with Crippen LogP contribution < -0.4 is 5.32 Å². The fourth-order valence-corrected chi connectivity index (χ4v) is 1.48. The van der Waals surface area contributed by atoms with Gasteiger partial charge in [0.25, 0.3) is 0 Å². The quantitative estimate of drug-likeness (QED) is 0.866. The molecule has 0 aliphatic heterocycles. The van der Waals surface area contributed by atoms with Crippen molar-refractivity contribution in [2.75, 3.05) is 19.5 Å². The van der Waals surface area contributed by atoms with Gasteiger partial charge in [-0.1, -0.05) is 0 Å². The van der Waals surface area contributed by atoms with E-state index in [1.165, 1.54) is 0 Å². The van der Waals surface area contributed by atoms with E-state index in [2.05, 4.69) is 20.3 Å². The molecule has 0 unspecified atom stereocenters. The van der Waals surface area contributed by atoms with Crippen molar-refractivity contribution in [3.63, 3.8) is 0 Å². The van der Waals surface area contributed by atoms with Gasteiger partial charge in [0.15, 0.2) is 5.82 Å². The van der Waals surface area contributed by atoms with Crippen molar-refractivity contribution in [1.82, 2.24) is 15.0 Å². The summed E-state index contributed by atoms with van der Waals surface area (Å²) in [4.78, 5) is 12.8. The predicted molar refractivity (Wildman–Crippen MR) is 65.5 cm³/mol. The van der Waals surface area contributed by atoms with Crippen LogP contribution in [-0.4, -0.2) is 29.1 Å². The largest absolute Gasteiger partial charge is 0.378 e. The van der Waals surface area contributed by atoms with E-state index in [-0.39, 0.29) is 0 Å². The number of ether oxygens (including phenoxy) is 1. The van der Waals surface area contributed by atoms with E-state index >= 15 is 0 Å². The number of hydrogen-bond donors (Lipinski definition) is 1. The Bertz CT molecular complexity index is 487. The Balaban J connectivity index is 2.43. The van der Waals surface area contributed by atoms with E-state index in [1.807, 2.05) is 25.2 Å². The van der Waals surface area contributed by atoms with Gasteiger partial charge in [-0.3, -0.25) is 4.98 Å². The Kier molecular flexibility index (Phi) is 3.62. The van der Waals surface area contributed by atoms with Crippen molar-refractivity contribution in [2.45, 2.75) is 6.61 Å². The molecule has 0 spiro atoms. The normalized spacial score (nSPS) is 10.2. The topological polar surface area (TPSA) is 59.9 Å². The Hall–Kier alpha value is -2.01. The molecule has 5 heteroatoms. The SMILES string of the molecule is CNc1cc(COC)nc(-c2ccncc2)n1. The van der Waals surface area contributed by atoms with Crippen molar-refractivity contribution in [3.8, 4) is 11.4 Å². The maximum Gasteiger partial charge on any atom is 0.161 e. The lowest BCUT2D eigenvalue weighted by molar-refractivity contribution is 0.181. The third-order valence-electron chi connectivity index (χ3n) is 2.27. The molecule has 1 N–H and O–H groups in total. The van der Waals surface area contributed by atoms with E-state index in [0.29, 0.717) is 12.4 Å². The molecule has 2 aromatic rings. The lowest BCUT2D eigenvalue weighted by atomic mass is 10.2. The first-order chi connectivity index (χ1) is 8.33. The van der Waals surface area contributed by atoms with Gasteiger partial charge in [0.1, 0.15) is 5.82 Å². The standard InChI is InChI=1S/C12H14N4O/c1-13-11-7-10(8-17-2)15-12(16-11)9-3-5-14-6-4-9/h3-7H,8H2,1-2H3,(H,13,15,16). The van der Waals surface area contributed by atoms with Gasteiger partial charge in [0, 0.05) is 38.2 Å². The highest BCUT2D eigenvalue weighted by atomic mass is 16.5. The summed E-state index contributed by atoms with van der Waals surface area (Å²) in [7, 11) is 3.47. The second-order valence-electron chi connectivity index (χ2n) is 3.49. The fourth-order valence-electron chi connectivity index (χ4n) is 1.48. The fraction of sp³-hybridized carbons (Fsp3) is 0.250. The van der Waals surface area contributed by atoms with Crippen LogP contribution in [-0.2, 0) is 11.3 Å². The molecule has 5 nitrogen and oxygen atoms in total. The molecule has 0 aliphatic carbocycles. The molecular weight excluding hydrogens is 216 g/mol. The smallest absolute Gasteiger partial charge is 0.161 e. The molecule has 0 fully saturated rings. The van der Waals surface area contributed by atoms with Crippen molar-refractivity contribution < 1.29 is 4.74 Å². The van der Waals surface area contributed by atoms with Crippen LogP contribution in [0.4, 0.5) is 5.82 Å². The molecular formula is C12H14N4O. The maximum absolute atomic E-state index is 5.09. The summed E-state index contributed by atoms with van der Waals surface area (Å²) in [5, 5.41) is 3.01. The first kappa shape index (κ1) is 11.5. The van der Waals surface area contributed by atoms with Crippen LogP contribution in [0.1, 0.15) is 5.69 Å². The zero-order valence-corrected chi connectivity index (χ0v) is 9.84. The molecule has 0 radical (unpaired) electrons. The van der Waals surface area contributed by atoms with Gasteiger partial charge in [-0.05, 0) is 12.1 Å². The summed E-state index contributed by atoms with van der Waals surface area (Å²) in [6.45, 7) is 0.468. The maximum atomic E-state index is 5.09. The first-order valence-electron chi connectivity index (χ1n) is 5.28. The van der Waals surface area contributed by atoms with Crippen LogP contribution in [0.15, 0.2) is 30.6 Å². The predicted octanol–water partition coefficient (Wildman–Crippen LogP) is 1.73. The summed E-state index contributed by atoms with van der Waals surface area (Å²) >= 11 is 0. The zero-order chi connectivity index (χ0) is 12.1. The number of rotatable bonds is 4. The van der Waals surface area contributed by atoms with Crippen molar-refractivity contribution in [2.24, 2.45) is 0 Å². The van der Waals surface area contributed by atoms with Crippen LogP contribution in [0.2, 0.25) is 0 Å². The van der Waals surface area contributed by atoms with Crippen LogP contribution in [0.25, 0.3) is 11.4 Å². The molecule has 0 saturated heterocycles. The third kappa shape index (κ3) is 2.76. The van der Waals surface area contributed by atoms with Gasteiger partial charge in [0.05, 0.1) is 12.3 Å². The minimum atomic E-state index is 0.468. The second kappa shape index (κ2) is 5.36. The van der Waals surface area contributed by atoms with Gasteiger partial charge in [-0.15, -0.1) is 0 Å². The van der Waals surface area contributed by atoms with Crippen molar-refractivity contribution >= 4 is 5.82 Å². The van der Waals surface area contributed by atoms with Crippen LogP contribution >= 0.6 is 0 Å². The molecule has 2 aromatic heterocycles. The first-order valence-corrected chi connectivity index (χ1v) is 5.28. The number of nitrogens with one attached hydrogen (secondary N) is 1. The molecule has 0 saturated carbocycles. The van der Waals surface area contributed by atoms with Crippen LogP contribution in [0.3, 0.4) is 0 Å².